The molecule has 2 atom stereocenters. The number of carbonyl (C=O) groups excluding carboxylic acids is 1. The fourth-order valence-corrected chi connectivity index (χ4v) is 2.99. The summed E-state index contributed by atoms with van der Waals surface area (Å²) in [7, 11) is 1.65. The standard InChI is InChI=1S/C16H18N4O3/c1-10-3-13(23-19-10)5-12-8-20(9-15(12)22-2)16(21)14-4-11(6-17)7-18-14/h3-4,7,12,15,18H,5,8-9H2,1-2H3/t12-,15+/m1/s1. The van der Waals surface area contributed by atoms with E-state index < -0.39 is 0 Å². The summed E-state index contributed by atoms with van der Waals surface area (Å²) in [6.45, 7) is 2.98. The lowest BCUT2D eigenvalue weighted by Crippen LogP contribution is -2.30. The van der Waals surface area contributed by atoms with Crippen molar-refractivity contribution in [3.05, 3.63) is 41.0 Å². The smallest absolute Gasteiger partial charge is 0.270 e. The number of aromatic amines is 1. The fourth-order valence-electron chi connectivity index (χ4n) is 2.99. The summed E-state index contributed by atoms with van der Waals surface area (Å²) in [5.41, 5.74) is 1.72. The molecule has 0 spiro atoms. The van der Waals surface area contributed by atoms with Crippen LogP contribution >= 0.6 is 0 Å². The first-order valence-electron chi connectivity index (χ1n) is 7.43. The fraction of sp³-hybridized carbons (Fsp3) is 0.438. The third kappa shape index (κ3) is 3.12. The molecule has 1 saturated heterocycles. The highest BCUT2D eigenvalue weighted by molar-refractivity contribution is 5.93. The van der Waals surface area contributed by atoms with Crippen molar-refractivity contribution in [2.75, 3.05) is 20.2 Å². The zero-order valence-electron chi connectivity index (χ0n) is 13.1. The summed E-state index contributed by atoms with van der Waals surface area (Å²) in [4.78, 5) is 17.1. The highest BCUT2D eigenvalue weighted by Crippen LogP contribution is 2.25. The molecule has 1 fully saturated rings. The van der Waals surface area contributed by atoms with Gasteiger partial charge in [0.1, 0.15) is 17.5 Å². The third-order valence-electron chi connectivity index (χ3n) is 4.15. The van der Waals surface area contributed by atoms with Crippen molar-refractivity contribution in [1.29, 1.82) is 5.26 Å². The van der Waals surface area contributed by atoms with E-state index in [1.807, 2.05) is 19.1 Å². The van der Waals surface area contributed by atoms with Crippen molar-refractivity contribution in [2.24, 2.45) is 5.92 Å². The number of rotatable bonds is 4. The number of carbonyl (C=O) groups is 1. The molecule has 1 aliphatic heterocycles. The third-order valence-corrected chi connectivity index (χ3v) is 4.15. The predicted octanol–water partition coefficient (Wildman–Crippen LogP) is 1.51. The second kappa shape index (κ2) is 6.26. The molecular weight excluding hydrogens is 296 g/mol. The topological polar surface area (TPSA) is 95.2 Å². The van der Waals surface area contributed by atoms with Crippen molar-refractivity contribution >= 4 is 5.91 Å². The molecule has 23 heavy (non-hydrogen) atoms. The van der Waals surface area contributed by atoms with Crippen molar-refractivity contribution in [2.45, 2.75) is 19.4 Å². The van der Waals surface area contributed by atoms with Gasteiger partial charge in [0, 0.05) is 44.8 Å². The van der Waals surface area contributed by atoms with E-state index in [0.717, 1.165) is 11.5 Å². The van der Waals surface area contributed by atoms with E-state index >= 15 is 0 Å². The lowest BCUT2D eigenvalue weighted by Gasteiger charge is -2.14. The number of ether oxygens (including phenoxy) is 1. The van der Waals surface area contributed by atoms with Crippen LogP contribution in [0.4, 0.5) is 0 Å². The van der Waals surface area contributed by atoms with Crippen LogP contribution in [0.5, 0.6) is 0 Å². The van der Waals surface area contributed by atoms with Gasteiger partial charge in [-0.25, -0.2) is 0 Å². The molecule has 0 aliphatic carbocycles. The van der Waals surface area contributed by atoms with Gasteiger partial charge in [0.15, 0.2) is 0 Å². The largest absolute Gasteiger partial charge is 0.379 e. The van der Waals surface area contributed by atoms with Gasteiger partial charge in [-0.15, -0.1) is 0 Å². The van der Waals surface area contributed by atoms with Crippen LogP contribution < -0.4 is 0 Å². The number of nitrogens with zero attached hydrogens (tertiary/aromatic N) is 3. The summed E-state index contributed by atoms with van der Waals surface area (Å²) in [6, 6.07) is 5.48. The van der Waals surface area contributed by atoms with E-state index in [4.69, 9.17) is 14.5 Å². The lowest BCUT2D eigenvalue weighted by atomic mass is 10.0. The Labute approximate surface area is 133 Å². The van der Waals surface area contributed by atoms with Gasteiger partial charge in [-0.3, -0.25) is 4.79 Å². The highest BCUT2D eigenvalue weighted by atomic mass is 16.5. The zero-order valence-corrected chi connectivity index (χ0v) is 13.1. The van der Waals surface area contributed by atoms with Crippen LogP contribution in [0.25, 0.3) is 0 Å². The molecule has 7 heteroatoms. The summed E-state index contributed by atoms with van der Waals surface area (Å²) in [5, 5.41) is 12.7. The number of aromatic nitrogens is 2. The zero-order chi connectivity index (χ0) is 16.4. The maximum Gasteiger partial charge on any atom is 0.270 e. The van der Waals surface area contributed by atoms with Gasteiger partial charge >= 0.3 is 0 Å². The van der Waals surface area contributed by atoms with Gasteiger partial charge in [0.05, 0.1) is 17.4 Å². The lowest BCUT2D eigenvalue weighted by molar-refractivity contribution is 0.0669. The van der Waals surface area contributed by atoms with Gasteiger partial charge in [-0.2, -0.15) is 5.26 Å². The summed E-state index contributed by atoms with van der Waals surface area (Å²) in [6.07, 6.45) is 2.16. The first-order chi connectivity index (χ1) is 11.1. The van der Waals surface area contributed by atoms with Gasteiger partial charge in [-0.1, -0.05) is 5.16 Å². The average Bonchev–Trinajstić information content (AvgIpc) is 3.26. The Hall–Kier alpha value is -2.59. The summed E-state index contributed by atoms with van der Waals surface area (Å²) >= 11 is 0. The van der Waals surface area contributed by atoms with Crippen molar-refractivity contribution < 1.29 is 14.1 Å². The molecule has 1 aliphatic rings. The molecule has 2 aromatic rings. The number of amides is 1. The second-order valence-corrected chi connectivity index (χ2v) is 5.80. The van der Waals surface area contributed by atoms with Crippen molar-refractivity contribution in [1.82, 2.24) is 15.0 Å². The van der Waals surface area contributed by atoms with Crippen LogP contribution in [0.15, 0.2) is 22.9 Å². The Morgan fingerprint density at radius 1 is 1.57 bits per heavy atom. The van der Waals surface area contributed by atoms with E-state index in [9.17, 15) is 4.79 Å². The van der Waals surface area contributed by atoms with E-state index in [1.165, 1.54) is 6.20 Å². The normalized spacial score (nSPS) is 20.7. The van der Waals surface area contributed by atoms with E-state index in [2.05, 4.69) is 10.1 Å². The van der Waals surface area contributed by atoms with Crippen LogP contribution in [0, 0.1) is 24.2 Å². The maximum absolute atomic E-state index is 12.5. The first-order valence-corrected chi connectivity index (χ1v) is 7.43. The Morgan fingerprint density at radius 2 is 2.39 bits per heavy atom. The quantitative estimate of drug-likeness (QED) is 0.923. The monoisotopic (exact) mass is 314 g/mol. The van der Waals surface area contributed by atoms with Crippen LogP contribution in [0.2, 0.25) is 0 Å². The highest BCUT2D eigenvalue weighted by Gasteiger charge is 2.36. The average molecular weight is 314 g/mol. The minimum atomic E-state index is -0.121. The molecule has 0 unspecified atom stereocenters. The van der Waals surface area contributed by atoms with E-state index in [1.54, 1.807) is 18.1 Å². The first kappa shape index (κ1) is 15.3. The number of hydrogen-bond acceptors (Lipinski definition) is 5. The molecule has 3 heterocycles. The number of aryl methyl sites for hydroxylation is 1. The molecule has 0 radical (unpaired) electrons. The molecule has 0 saturated carbocycles. The van der Waals surface area contributed by atoms with Crippen molar-refractivity contribution in [3.63, 3.8) is 0 Å². The number of nitrogens with one attached hydrogen (secondary N) is 1. The molecule has 1 amide bonds. The molecule has 3 rings (SSSR count). The van der Waals surface area contributed by atoms with Crippen LogP contribution in [0.1, 0.15) is 27.5 Å². The Kier molecular flexibility index (Phi) is 4.17. The molecule has 7 nitrogen and oxygen atoms in total. The minimum Gasteiger partial charge on any atom is -0.379 e. The number of likely N-dealkylation sites (tertiary alicyclic amines) is 1. The van der Waals surface area contributed by atoms with E-state index in [-0.39, 0.29) is 17.9 Å². The molecule has 120 valence electrons. The Balaban J connectivity index is 1.70. The maximum atomic E-state index is 12.5. The second-order valence-electron chi connectivity index (χ2n) is 5.80. The Bertz CT molecular complexity index is 743. The minimum absolute atomic E-state index is 0.0465. The molecule has 1 N–H and O–H groups in total. The van der Waals surface area contributed by atoms with Crippen LogP contribution in [-0.4, -0.2) is 47.3 Å². The van der Waals surface area contributed by atoms with Crippen LogP contribution in [-0.2, 0) is 11.2 Å². The SMILES string of the molecule is CO[C@H]1CN(C(=O)c2cc(C#N)c[nH]2)C[C@H]1Cc1cc(C)no1. The van der Waals surface area contributed by atoms with Gasteiger partial charge < -0.3 is 19.1 Å². The van der Waals surface area contributed by atoms with Crippen LogP contribution in [0.3, 0.4) is 0 Å². The number of methoxy groups -OCH3 is 1. The molecule has 0 aromatic carbocycles. The summed E-state index contributed by atoms with van der Waals surface area (Å²) < 4.78 is 10.8. The summed E-state index contributed by atoms with van der Waals surface area (Å²) in [5.74, 6) is 0.835. The molecule has 0 bridgehead atoms. The van der Waals surface area contributed by atoms with Gasteiger partial charge in [0.2, 0.25) is 0 Å². The number of hydrogen-bond donors (Lipinski definition) is 1. The molecular formula is C16H18N4O3. The number of nitriles is 1. The van der Waals surface area contributed by atoms with E-state index in [0.29, 0.717) is 30.8 Å². The molecule has 2 aromatic heterocycles. The van der Waals surface area contributed by atoms with Crippen molar-refractivity contribution in [3.8, 4) is 6.07 Å². The number of H-pyrrole nitrogens is 1. The van der Waals surface area contributed by atoms with Gasteiger partial charge in [-0.05, 0) is 13.0 Å². The predicted molar refractivity (Wildman–Crippen MR) is 80.6 cm³/mol. The van der Waals surface area contributed by atoms with Gasteiger partial charge in [0.25, 0.3) is 5.91 Å². The Morgan fingerprint density at radius 3 is 3.00 bits per heavy atom.